The third-order valence-electron chi connectivity index (χ3n) is 3.32. The first-order chi connectivity index (χ1) is 7.31. The number of aromatic amines is 1. The number of nitrogens with two attached hydrogens (primary N) is 2. The van der Waals surface area contributed by atoms with E-state index in [-0.39, 0.29) is 6.04 Å². The lowest BCUT2D eigenvalue weighted by Gasteiger charge is -2.18. The Bertz CT molecular complexity index is 303. The molecule has 0 bridgehead atoms. The highest BCUT2D eigenvalue weighted by Crippen LogP contribution is 2.33. The van der Waals surface area contributed by atoms with E-state index in [4.69, 9.17) is 11.6 Å². The van der Waals surface area contributed by atoms with Gasteiger partial charge in [-0.1, -0.05) is 25.7 Å². The SMILES string of the molecule is NNC(CC1CCCC1)c1cn[nH]c1N. The third-order valence-corrected chi connectivity index (χ3v) is 3.32. The lowest BCUT2D eigenvalue weighted by molar-refractivity contribution is 0.401. The summed E-state index contributed by atoms with van der Waals surface area (Å²) in [7, 11) is 0. The van der Waals surface area contributed by atoms with Crippen molar-refractivity contribution in [3.05, 3.63) is 11.8 Å². The maximum absolute atomic E-state index is 5.78. The van der Waals surface area contributed by atoms with Crippen LogP contribution in [0.5, 0.6) is 0 Å². The zero-order chi connectivity index (χ0) is 10.7. The number of aromatic nitrogens is 2. The normalized spacial score (nSPS) is 19.5. The molecule has 0 aromatic carbocycles. The molecule has 15 heavy (non-hydrogen) atoms. The summed E-state index contributed by atoms with van der Waals surface area (Å²) in [5.74, 6) is 6.96. The van der Waals surface area contributed by atoms with E-state index < -0.39 is 0 Å². The largest absolute Gasteiger partial charge is 0.384 e. The number of rotatable bonds is 4. The summed E-state index contributed by atoms with van der Waals surface area (Å²) in [5.41, 5.74) is 9.60. The van der Waals surface area contributed by atoms with E-state index in [9.17, 15) is 0 Å². The number of anilines is 1. The van der Waals surface area contributed by atoms with Gasteiger partial charge in [0, 0.05) is 5.56 Å². The van der Waals surface area contributed by atoms with Crippen LogP contribution in [-0.4, -0.2) is 10.2 Å². The molecule has 84 valence electrons. The van der Waals surface area contributed by atoms with Crippen LogP contribution in [0.25, 0.3) is 0 Å². The average Bonchev–Trinajstić information content (AvgIpc) is 2.85. The highest BCUT2D eigenvalue weighted by molar-refractivity contribution is 5.39. The number of hydrogen-bond acceptors (Lipinski definition) is 4. The third kappa shape index (κ3) is 2.30. The Morgan fingerprint density at radius 1 is 1.53 bits per heavy atom. The molecule has 1 heterocycles. The molecular formula is C10H19N5. The molecule has 0 amide bonds. The van der Waals surface area contributed by atoms with Crippen LogP contribution in [0.15, 0.2) is 6.20 Å². The molecule has 1 unspecified atom stereocenters. The minimum Gasteiger partial charge on any atom is -0.384 e. The molecule has 1 aliphatic rings. The summed E-state index contributed by atoms with van der Waals surface area (Å²) in [6.07, 6.45) is 8.15. The zero-order valence-electron chi connectivity index (χ0n) is 8.87. The van der Waals surface area contributed by atoms with Crippen molar-refractivity contribution in [2.45, 2.75) is 38.1 Å². The van der Waals surface area contributed by atoms with Crippen LogP contribution < -0.4 is 17.0 Å². The van der Waals surface area contributed by atoms with Crippen molar-refractivity contribution in [3.8, 4) is 0 Å². The van der Waals surface area contributed by atoms with E-state index in [1.165, 1.54) is 25.7 Å². The zero-order valence-corrected chi connectivity index (χ0v) is 8.87. The van der Waals surface area contributed by atoms with Gasteiger partial charge in [-0.25, -0.2) is 0 Å². The van der Waals surface area contributed by atoms with Crippen molar-refractivity contribution in [1.82, 2.24) is 15.6 Å². The quantitative estimate of drug-likeness (QED) is 0.441. The van der Waals surface area contributed by atoms with Crippen LogP contribution in [0.3, 0.4) is 0 Å². The van der Waals surface area contributed by atoms with Gasteiger partial charge in [0.05, 0.1) is 12.2 Å². The molecule has 5 nitrogen and oxygen atoms in total. The standard InChI is InChI=1S/C10H19N5/c11-10-8(6-13-15-10)9(14-12)5-7-3-1-2-4-7/h6-7,9,14H,1-5,12H2,(H3,11,13,15). The number of nitrogen functional groups attached to an aromatic ring is 1. The molecule has 1 aliphatic carbocycles. The van der Waals surface area contributed by atoms with E-state index in [0.717, 1.165) is 17.9 Å². The molecule has 1 fully saturated rings. The second kappa shape index (κ2) is 4.63. The molecule has 2 rings (SSSR count). The fourth-order valence-electron chi connectivity index (χ4n) is 2.45. The van der Waals surface area contributed by atoms with Gasteiger partial charge in [0.2, 0.25) is 0 Å². The van der Waals surface area contributed by atoms with Crippen molar-refractivity contribution >= 4 is 5.82 Å². The van der Waals surface area contributed by atoms with Crippen molar-refractivity contribution in [2.24, 2.45) is 11.8 Å². The Hall–Kier alpha value is -1.07. The minimum absolute atomic E-state index is 0.131. The van der Waals surface area contributed by atoms with Crippen LogP contribution in [0.1, 0.15) is 43.7 Å². The van der Waals surface area contributed by atoms with Gasteiger partial charge in [0.1, 0.15) is 5.82 Å². The first-order valence-corrected chi connectivity index (χ1v) is 5.56. The highest BCUT2D eigenvalue weighted by Gasteiger charge is 2.22. The first kappa shape index (κ1) is 10.4. The molecule has 1 saturated carbocycles. The van der Waals surface area contributed by atoms with E-state index in [0.29, 0.717) is 5.82 Å². The Kier molecular flexibility index (Phi) is 3.23. The first-order valence-electron chi connectivity index (χ1n) is 5.56. The van der Waals surface area contributed by atoms with Crippen LogP contribution >= 0.6 is 0 Å². The number of nitrogens with zero attached hydrogens (tertiary/aromatic N) is 1. The van der Waals surface area contributed by atoms with Gasteiger partial charge < -0.3 is 5.73 Å². The summed E-state index contributed by atoms with van der Waals surface area (Å²) >= 11 is 0. The predicted molar refractivity (Wildman–Crippen MR) is 59.6 cm³/mol. The molecule has 6 N–H and O–H groups in total. The number of nitrogens with one attached hydrogen (secondary N) is 2. The van der Waals surface area contributed by atoms with Crippen molar-refractivity contribution < 1.29 is 0 Å². The van der Waals surface area contributed by atoms with E-state index in [1.807, 2.05) is 0 Å². The lowest BCUT2D eigenvalue weighted by atomic mass is 9.95. The summed E-state index contributed by atoms with van der Waals surface area (Å²) < 4.78 is 0. The Morgan fingerprint density at radius 3 is 2.80 bits per heavy atom. The fourth-order valence-corrected chi connectivity index (χ4v) is 2.45. The van der Waals surface area contributed by atoms with E-state index >= 15 is 0 Å². The lowest BCUT2D eigenvalue weighted by Crippen LogP contribution is -2.29. The predicted octanol–water partition coefficient (Wildman–Crippen LogP) is 1.08. The summed E-state index contributed by atoms with van der Waals surface area (Å²) in [6, 6.07) is 0.131. The maximum atomic E-state index is 5.78. The van der Waals surface area contributed by atoms with Gasteiger partial charge in [-0.15, -0.1) is 0 Å². The molecule has 1 aromatic rings. The van der Waals surface area contributed by atoms with Gasteiger partial charge in [-0.2, -0.15) is 5.10 Å². The van der Waals surface area contributed by atoms with Gasteiger partial charge in [-0.3, -0.25) is 16.4 Å². The van der Waals surface area contributed by atoms with E-state index in [1.54, 1.807) is 6.20 Å². The second-order valence-electron chi connectivity index (χ2n) is 4.34. The Labute approximate surface area is 89.6 Å². The van der Waals surface area contributed by atoms with Crippen LogP contribution in [-0.2, 0) is 0 Å². The number of hydrogen-bond donors (Lipinski definition) is 4. The van der Waals surface area contributed by atoms with Gasteiger partial charge >= 0.3 is 0 Å². The van der Waals surface area contributed by atoms with Crippen LogP contribution in [0.4, 0.5) is 5.82 Å². The molecule has 1 aromatic heterocycles. The molecule has 5 heteroatoms. The number of hydrazine groups is 1. The van der Waals surface area contributed by atoms with Gasteiger partial charge in [0.15, 0.2) is 0 Å². The van der Waals surface area contributed by atoms with Gasteiger partial charge in [0.25, 0.3) is 0 Å². The summed E-state index contributed by atoms with van der Waals surface area (Å²) in [5, 5.41) is 6.66. The minimum atomic E-state index is 0.131. The molecule has 1 atom stereocenters. The highest BCUT2D eigenvalue weighted by atomic mass is 15.2. The summed E-state index contributed by atoms with van der Waals surface area (Å²) in [6.45, 7) is 0. The average molecular weight is 209 g/mol. The van der Waals surface area contributed by atoms with Crippen LogP contribution in [0, 0.1) is 5.92 Å². The topological polar surface area (TPSA) is 92.7 Å². The fraction of sp³-hybridized carbons (Fsp3) is 0.700. The van der Waals surface area contributed by atoms with Crippen molar-refractivity contribution in [3.63, 3.8) is 0 Å². The molecule has 0 saturated heterocycles. The van der Waals surface area contributed by atoms with E-state index in [2.05, 4.69) is 15.6 Å². The van der Waals surface area contributed by atoms with Crippen molar-refractivity contribution in [2.75, 3.05) is 5.73 Å². The Morgan fingerprint density at radius 2 is 2.27 bits per heavy atom. The van der Waals surface area contributed by atoms with Crippen molar-refractivity contribution in [1.29, 1.82) is 0 Å². The smallest absolute Gasteiger partial charge is 0.123 e. The molecular weight excluding hydrogens is 190 g/mol. The summed E-state index contributed by atoms with van der Waals surface area (Å²) in [4.78, 5) is 0. The molecule has 0 spiro atoms. The monoisotopic (exact) mass is 209 g/mol. The Balaban J connectivity index is 2.00. The van der Waals surface area contributed by atoms with Gasteiger partial charge in [-0.05, 0) is 12.3 Å². The second-order valence-corrected chi connectivity index (χ2v) is 4.34. The van der Waals surface area contributed by atoms with Crippen LogP contribution in [0.2, 0.25) is 0 Å². The number of H-pyrrole nitrogens is 1. The molecule has 0 radical (unpaired) electrons. The molecule has 0 aliphatic heterocycles. The maximum Gasteiger partial charge on any atom is 0.123 e.